The van der Waals surface area contributed by atoms with Crippen molar-refractivity contribution < 1.29 is 18.0 Å². The largest absolute Gasteiger partial charge is 0.349 e. The predicted molar refractivity (Wildman–Crippen MR) is 118 cm³/mol. The first-order chi connectivity index (χ1) is 14.3. The lowest BCUT2D eigenvalue weighted by atomic mass is 10.1. The fourth-order valence-corrected chi connectivity index (χ4v) is 4.58. The number of hydrogen-bond acceptors (Lipinski definition) is 4. The maximum Gasteiger partial charge on any atom is 0.253 e. The molecule has 1 saturated carbocycles. The van der Waals surface area contributed by atoms with Gasteiger partial charge >= 0.3 is 0 Å². The van der Waals surface area contributed by atoms with Crippen molar-refractivity contribution in [3.63, 3.8) is 0 Å². The number of anilines is 2. The molecule has 160 valence electrons. The van der Waals surface area contributed by atoms with Crippen molar-refractivity contribution in [1.29, 1.82) is 0 Å². The molecule has 0 saturated heterocycles. The molecule has 8 heteroatoms. The second kappa shape index (κ2) is 9.30. The highest BCUT2D eigenvalue weighted by Crippen LogP contribution is 2.23. The number of hydrogen-bond donors (Lipinski definition) is 2. The van der Waals surface area contributed by atoms with Crippen LogP contribution in [0.3, 0.4) is 0 Å². The highest BCUT2D eigenvalue weighted by molar-refractivity contribution is 7.92. The Morgan fingerprint density at radius 2 is 1.67 bits per heavy atom. The molecule has 2 amide bonds. The first kappa shape index (κ1) is 21.8. The van der Waals surface area contributed by atoms with Crippen LogP contribution in [0.2, 0.25) is 0 Å². The van der Waals surface area contributed by atoms with Gasteiger partial charge in [-0.3, -0.25) is 13.9 Å². The minimum atomic E-state index is -3.68. The van der Waals surface area contributed by atoms with E-state index < -0.39 is 15.9 Å². The van der Waals surface area contributed by atoms with E-state index in [1.165, 1.54) is 0 Å². The lowest BCUT2D eigenvalue weighted by Crippen LogP contribution is -2.38. The van der Waals surface area contributed by atoms with E-state index >= 15 is 0 Å². The molecule has 2 aromatic rings. The molecule has 0 atom stereocenters. The number of amides is 2. The maximum absolute atomic E-state index is 12.7. The number of carbonyl (C=O) groups excluding carboxylic acids is 2. The van der Waals surface area contributed by atoms with Gasteiger partial charge < -0.3 is 10.6 Å². The lowest BCUT2D eigenvalue weighted by molar-refractivity contribution is -0.114. The van der Waals surface area contributed by atoms with E-state index in [1.807, 2.05) is 0 Å². The summed E-state index contributed by atoms with van der Waals surface area (Å²) in [6.07, 6.45) is 5.18. The van der Waals surface area contributed by atoms with Crippen LogP contribution in [0.15, 0.2) is 48.5 Å². The third-order valence-electron chi connectivity index (χ3n) is 5.21. The maximum atomic E-state index is 12.7. The molecule has 2 N–H and O–H groups in total. The Kier molecular flexibility index (Phi) is 6.77. The summed E-state index contributed by atoms with van der Waals surface area (Å²) >= 11 is 0. The summed E-state index contributed by atoms with van der Waals surface area (Å²) in [6.45, 7) is 1.40. The zero-order valence-electron chi connectivity index (χ0n) is 17.2. The van der Waals surface area contributed by atoms with Crippen LogP contribution in [-0.4, -0.2) is 39.1 Å². The fraction of sp³-hybridized carbons (Fsp3) is 0.364. The van der Waals surface area contributed by atoms with Crippen molar-refractivity contribution in [2.24, 2.45) is 0 Å². The van der Waals surface area contributed by atoms with E-state index in [1.54, 1.807) is 55.5 Å². The van der Waals surface area contributed by atoms with Crippen molar-refractivity contribution >= 4 is 33.2 Å². The molecule has 1 aliphatic rings. The van der Waals surface area contributed by atoms with Gasteiger partial charge in [0.2, 0.25) is 15.9 Å². The van der Waals surface area contributed by atoms with Crippen LogP contribution in [0, 0.1) is 6.92 Å². The van der Waals surface area contributed by atoms with Gasteiger partial charge in [-0.15, -0.1) is 0 Å². The van der Waals surface area contributed by atoms with E-state index in [2.05, 4.69) is 10.6 Å². The Balaban J connectivity index is 1.77. The van der Waals surface area contributed by atoms with Gasteiger partial charge in [-0.2, -0.15) is 0 Å². The van der Waals surface area contributed by atoms with Gasteiger partial charge in [0.1, 0.15) is 6.54 Å². The van der Waals surface area contributed by atoms with Crippen molar-refractivity contribution in [2.45, 2.75) is 38.6 Å². The molecule has 0 spiro atoms. The topological polar surface area (TPSA) is 95.6 Å². The first-order valence-electron chi connectivity index (χ1n) is 9.99. The summed E-state index contributed by atoms with van der Waals surface area (Å²) in [5.41, 5.74) is 1.91. The SMILES string of the molecule is Cc1ccccc1N(CC(=O)Nc1ccccc1C(=O)NC1CCCC1)S(C)(=O)=O. The molecule has 0 heterocycles. The average molecular weight is 430 g/mol. The van der Waals surface area contributed by atoms with E-state index in [0.29, 0.717) is 16.9 Å². The van der Waals surface area contributed by atoms with Crippen LogP contribution in [0.4, 0.5) is 11.4 Å². The Morgan fingerprint density at radius 1 is 1.03 bits per heavy atom. The summed E-state index contributed by atoms with van der Waals surface area (Å²) in [7, 11) is -3.68. The van der Waals surface area contributed by atoms with Crippen molar-refractivity contribution in [3.05, 3.63) is 59.7 Å². The molecule has 30 heavy (non-hydrogen) atoms. The van der Waals surface area contributed by atoms with E-state index in [9.17, 15) is 18.0 Å². The van der Waals surface area contributed by atoms with Gasteiger partial charge in [-0.1, -0.05) is 43.2 Å². The number of benzene rings is 2. The van der Waals surface area contributed by atoms with Crippen LogP contribution in [0.1, 0.15) is 41.6 Å². The first-order valence-corrected chi connectivity index (χ1v) is 11.8. The molecule has 3 rings (SSSR count). The number of sulfonamides is 1. The Labute approximate surface area is 177 Å². The van der Waals surface area contributed by atoms with Crippen molar-refractivity contribution in [1.82, 2.24) is 5.32 Å². The normalized spacial score (nSPS) is 14.3. The lowest BCUT2D eigenvalue weighted by Gasteiger charge is -2.24. The minimum Gasteiger partial charge on any atom is -0.349 e. The van der Waals surface area contributed by atoms with E-state index in [0.717, 1.165) is 41.8 Å². The molecule has 1 fully saturated rings. The molecule has 0 aliphatic heterocycles. The summed E-state index contributed by atoms with van der Waals surface area (Å²) in [4.78, 5) is 25.4. The van der Waals surface area contributed by atoms with Gasteiger partial charge in [0.05, 0.1) is 23.2 Å². The summed E-state index contributed by atoms with van der Waals surface area (Å²) in [5, 5.41) is 5.71. The summed E-state index contributed by atoms with van der Waals surface area (Å²) in [5.74, 6) is -0.763. The van der Waals surface area contributed by atoms with Crippen LogP contribution in [0.25, 0.3) is 0 Å². The smallest absolute Gasteiger partial charge is 0.253 e. The molecule has 1 aliphatic carbocycles. The average Bonchev–Trinajstić information content (AvgIpc) is 3.19. The van der Waals surface area contributed by atoms with E-state index in [-0.39, 0.29) is 18.5 Å². The molecular formula is C22H27N3O4S. The molecule has 7 nitrogen and oxygen atoms in total. The van der Waals surface area contributed by atoms with Crippen LogP contribution < -0.4 is 14.9 Å². The predicted octanol–water partition coefficient (Wildman–Crippen LogP) is 3.07. The molecule has 0 aromatic heterocycles. The third kappa shape index (κ3) is 5.38. The van der Waals surface area contributed by atoms with E-state index in [4.69, 9.17) is 0 Å². The Bertz CT molecular complexity index is 1030. The highest BCUT2D eigenvalue weighted by atomic mass is 32.2. The Morgan fingerprint density at radius 3 is 2.33 bits per heavy atom. The Hall–Kier alpha value is -2.87. The monoisotopic (exact) mass is 429 g/mol. The molecule has 2 aromatic carbocycles. The number of carbonyl (C=O) groups is 2. The number of nitrogens with zero attached hydrogens (tertiary/aromatic N) is 1. The van der Waals surface area contributed by atoms with Crippen LogP contribution >= 0.6 is 0 Å². The van der Waals surface area contributed by atoms with Gasteiger partial charge in [0.25, 0.3) is 5.91 Å². The molecule has 0 bridgehead atoms. The van der Waals surface area contributed by atoms with Crippen molar-refractivity contribution in [3.8, 4) is 0 Å². The highest BCUT2D eigenvalue weighted by Gasteiger charge is 2.24. The second-order valence-electron chi connectivity index (χ2n) is 7.60. The summed E-state index contributed by atoms with van der Waals surface area (Å²) < 4.78 is 25.7. The minimum absolute atomic E-state index is 0.156. The standard InChI is InChI=1S/C22H27N3O4S/c1-16-9-3-8-14-20(16)25(30(2,28)29)15-21(26)24-19-13-7-6-12-18(19)22(27)23-17-10-4-5-11-17/h3,6-9,12-14,17H,4-5,10-11,15H2,1-2H3,(H,23,27)(H,24,26). The molecular weight excluding hydrogens is 402 g/mol. The number of rotatable bonds is 7. The zero-order valence-corrected chi connectivity index (χ0v) is 18.0. The van der Waals surface area contributed by atoms with Crippen molar-refractivity contribution in [2.75, 3.05) is 22.4 Å². The third-order valence-corrected chi connectivity index (χ3v) is 6.33. The fourth-order valence-electron chi connectivity index (χ4n) is 3.67. The summed E-state index contributed by atoms with van der Waals surface area (Å²) in [6, 6.07) is 13.9. The van der Waals surface area contributed by atoms with Crippen LogP contribution in [0.5, 0.6) is 0 Å². The zero-order chi connectivity index (χ0) is 21.7. The van der Waals surface area contributed by atoms with Gasteiger partial charge in [-0.25, -0.2) is 8.42 Å². The number of nitrogens with one attached hydrogen (secondary N) is 2. The molecule has 0 unspecified atom stereocenters. The number of para-hydroxylation sites is 2. The van der Waals surface area contributed by atoms with Gasteiger partial charge in [-0.05, 0) is 43.5 Å². The van der Waals surface area contributed by atoms with Gasteiger partial charge in [0, 0.05) is 6.04 Å². The number of aryl methyl sites for hydroxylation is 1. The second-order valence-corrected chi connectivity index (χ2v) is 9.51. The van der Waals surface area contributed by atoms with Crippen LogP contribution in [-0.2, 0) is 14.8 Å². The van der Waals surface area contributed by atoms with Gasteiger partial charge in [0.15, 0.2) is 0 Å². The molecule has 0 radical (unpaired) electrons. The quantitative estimate of drug-likeness (QED) is 0.707.